The van der Waals surface area contributed by atoms with Crippen LogP contribution in [0.1, 0.15) is 25.7 Å². The van der Waals surface area contributed by atoms with Crippen molar-refractivity contribution in [1.82, 2.24) is 9.80 Å². The number of nitrogens with zero attached hydrogens (tertiary/aromatic N) is 2. The molecular formula is C23H28N2O4. The molecule has 29 heavy (non-hydrogen) atoms. The normalized spacial score (nSPS) is 19.5. The predicted octanol–water partition coefficient (Wildman–Crippen LogP) is 2.85. The van der Waals surface area contributed by atoms with Gasteiger partial charge in [-0.05, 0) is 30.7 Å². The van der Waals surface area contributed by atoms with E-state index in [1.54, 1.807) is 0 Å². The van der Waals surface area contributed by atoms with E-state index in [2.05, 4.69) is 12.1 Å². The summed E-state index contributed by atoms with van der Waals surface area (Å²) in [7, 11) is 0. The summed E-state index contributed by atoms with van der Waals surface area (Å²) in [4.78, 5) is 28.6. The molecule has 2 saturated heterocycles. The third-order valence-corrected chi connectivity index (χ3v) is 5.69. The number of ether oxygens (including phenoxy) is 2. The van der Waals surface area contributed by atoms with Crippen LogP contribution in [0.25, 0.3) is 10.8 Å². The summed E-state index contributed by atoms with van der Waals surface area (Å²) >= 11 is 0. The molecule has 0 spiro atoms. The van der Waals surface area contributed by atoms with E-state index >= 15 is 0 Å². The van der Waals surface area contributed by atoms with E-state index in [-0.39, 0.29) is 17.9 Å². The smallest absolute Gasteiger partial charge is 0.251 e. The van der Waals surface area contributed by atoms with Gasteiger partial charge in [0.2, 0.25) is 5.91 Å². The number of benzene rings is 2. The second kappa shape index (κ2) is 9.27. The molecule has 1 atom stereocenters. The fraction of sp³-hybridized carbons (Fsp3) is 0.478. The van der Waals surface area contributed by atoms with Gasteiger partial charge in [-0.25, -0.2) is 0 Å². The molecule has 6 heteroatoms. The van der Waals surface area contributed by atoms with E-state index in [0.717, 1.165) is 29.4 Å². The standard InChI is InChI=1S/C23H28N2O4/c26-22(24-12-14-25(15-13-24)23(27)21-10-4-16-29-21)11-5-17-28-20-9-3-7-18-6-1-2-8-19(18)20/h1-3,6-9,21H,4-5,10-17H2/t21-/m0/s1. The number of rotatable bonds is 6. The maximum Gasteiger partial charge on any atom is 0.251 e. The Bertz CT molecular complexity index is 850. The molecule has 0 radical (unpaired) electrons. The molecule has 2 amide bonds. The largest absolute Gasteiger partial charge is 0.493 e. The minimum absolute atomic E-state index is 0.0816. The highest BCUT2D eigenvalue weighted by Gasteiger charge is 2.31. The van der Waals surface area contributed by atoms with Crippen molar-refractivity contribution in [2.75, 3.05) is 39.4 Å². The van der Waals surface area contributed by atoms with Gasteiger partial charge in [0.15, 0.2) is 0 Å². The third kappa shape index (κ3) is 4.70. The SMILES string of the molecule is O=C(CCCOc1cccc2ccccc12)N1CCN(C(=O)[C@@H]2CCCO2)CC1. The Kier molecular flexibility index (Phi) is 6.30. The quantitative estimate of drug-likeness (QED) is 0.705. The van der Waals surface area contributed by atoms with E-state index in [9.17, 15) is 9.59 Å². The second-order valence-corrected chi connectivity index (χ2v) is 7.64. The lowest BCUT2D eigenvalue weighted by atomic mass is 10.1. The summed E-state index contributed by atoms with van der Waals surface area (Å²) in [5, 5.41) is 2.24. The van der Waals surface area contributed by atoms with Gasteiger partial charge >= 0.3 is 0 Å². The van der Waals surface area contributed by atoms with E-state index in [0.29, 0.717) is 52.2 Å². The summed E-state index contributed by atoms with van der Waals surface area (Å²) in [6.07, 6.45) is 2.63. The van der Waals surface area contributed by atoms with Crippen LogP contribution < -0.4 is 4.74 Å². The first-order chi connectivity index (χ1) is 14.2. The Balaban J connectivity index is 1.19. The molecule has 0 N–H and O–H groups in total. The van der Waals surface area contributed by atoms with E-state index in [4.69, 9.17) is 9.47 Å². The lowest BCUT2D eigenvalue weighted by Crippen LogP contribution is -2.52. The zero-order valence-electron chi connectivity index (χ0n) is 16.7. The van der Waals surface area contributed by atoms with Crippen LogP contribution in [0.15, 0.2) is 42.5 Å². The van der Waals surface area contributed by atoms with Crippen molar-refractivity contribution >= 4 is 22.6 Å². The predicted molar refractivity (Wildman–Crippen MR) is 111 cm³/mol. The number of carbonyl (C=O) groups excluding carboxylic acids is 2. The first kappa shape index (κ1) is 19.7. The Hall–Kier alpha value is -2.60. The van der Waals surface area contributed by atoms with Gasteiger partial charge in [-0.1, -0.05) is 36.4 Å². The Morgan fingerprint density at radius 1 is 1.00 bits per heavy atom. The molecule has 2 aromatic rings. The fourth-order valence-corrected chi connectivity index (χ4v) is 4.04. The third-order valence-electron chi connectivity index (χ3n) is 5.69. The zero-order valence-corrected chi connectivity index (χ0v) is 16.7. The van der Waals surface area contributed by atoms with E-state index < -0.39 is 0 Å². The Labute approximate surface area is 171 Å². The topological polar surface area (TPSA) is 59.1 Å². The Morgan fingerprint density at radius 2 is 1.76 bits per heavy atom. The van der Waals surface area contributed by atoms with E-state index in [1.807, 2.05) is 40.1 Å². The molecule has 0 aromatic heterocycles. The highest BCUT2D eigenvalue weighted by Crippen LogP contribution is 2.25. The van der Waals surface area contributed by atoms with Gasteiger partial charge in [-0.3, -0.25) is 9.59 Å². The maximum atomic E-state index is 12.5. The molecule has 0 bridgehead atoms. The van der Waals surface area contributed by atoms with Gasteiger partial charge in [0.25, 0.3) is 5.91 Å². The van der Waals surface area contributed by atoms with Gasteiger partial charge in [-0.2, -0.15) is 0 Å². The fourth-order valence-electron chi connectivity index (χ4n) is 4.04. The lowest BCUT2D eigenvalue weighted by Gasteiger charge is -2.35. The van der Waals surface area contributed by atoms with Crippen molar-refractivity contribution in [2.45, 2.75) is 31.8 Å². The second-order valence-electron chi connectivity index (χ2n) is 7.64. The summed E-state index contributed by atoms with van der Waals surface area (Å²) in [5.74, 6) is 1.07. The van der Waals surface area contributed by atoms with E-state index in [1.165, 1.54) is 0 Å². The summed E-state index contributed by atoms with van der Waals surface area (Å²) in [6, 6.07) is 14.1. The molecule has 2 fully saturated rings. The van der Waals surface area contributed by atoms with Crippen molar-refractivity contribution in [3.8, 4) is 5.75 Å². The molecule has 0 unspecified atom stereocenters. The highest BCUT2D eigenvalue weighted by atomic mass is 16.5. The van der Waals surface area contributed by atoms with Gasteiger partial charge in [0.05, 0.1) is 6.61 Å². The lowest BCUT2D eigenvalue weighted by molar-refractivity contribution is -0.146. The molecule has 2 aliphatic heterocycles. The highest BCUT2D eigenvalue weighted by molar-refractivity contribution is 5.88. The van der Waals surface area contributed by atoms with Crippen molar-refractivity contribution in [3.05, 3.63) is 42.5 Å². The van der Waals surface area contributed by atoms with Crippen molar-refractivity contribution in [1.29, 1.82) is 0 Å². The first-order valence-corrected chi connectivity index (χ1v) is 10.5. The average Bonchev–Trinajstić information content (AvgIpc) is 3.31. The monoisotopic (exact) mass is 396 g/mol. The van der Waals surface area contributed by atoms with Crippen LogP contribution in [0.2, 0.25) is 0 Å². The summed E-state index contributed by atoms with van der Waals surface area (Å²) in [6.45, 7) is 3.57. The molecular weight excluding hydrogens is 368 g/mol. The first-order valence-electron chi connectivity index (χ1n) is 10.5. The number of hydrogen-bond acceptors (Lipinski definition) is 4. The molecule has 2 aromatic carbocycles. The summed E-state index contributed by atoms with van der Waals surface area (Å²) in [5.41, 5.74) is 0. The molecule has 2 heterocycles. The molecule has 154 valence electrons. The van der Waals surface area contributed by atoms with Crippen LogP contribution in [-0.2, 0) is 14.3 Å². The molecule has 0 aliphatic carbocycles. The van der Waals surface area contributed by atoms with Crippen LogP contribution in [0, 0.1) is 0 Å². The van der Waals surface area contributed by atoms with Crippen molar-refractivity contribution in [3.63, 3.8) is 0 Å². The summed E-state index contributed by atoms with van der Waals surface area (Å²) < 4.78 is 11.4. The van der Waals surface area contributed by atoms with Gasteiger partial charge in [0, 0.05) is 44.6 Å². The molecule has 4 rings (SSSR count). The minimum atomic E-state index is -0.275. The Morgan fingerprint density at radius 3 is 2.55 bits per heavy atom. The number of carbonyl (C=O) groups is 2. The van der Waals surface area contributed by atoms with Crippen LogP contribution in [-0.4, -0.2) is 67.1 Å². The van der Waals surface area contributed by atoms with Gasteiger partial charge < -0.3 is 19.3 Å². The van der Waals surface area contributed by atoms with Crippen molar-refractivity contribution < 1.29 is 19.1 Å². The van der Waals surface area contributed by atoms with Crippen LogP contribution in [0.5, 0.6) is 5.75 Å². The van der Waals surface area contributed by atoms with Gasteiger partial charge in [0.1, 0.15) is 11.9 Å². The number of hydrogen-bond donors (Lipinski definition) is 0. The number of fused-ring (bicyclic) bond motifs is 1. The van der Waals surface area contributed by atoms with Crippen LogP contribution in [0.3, 0.4) is 0 Å². The zero-order chi connectivity index (χ0) is 20.1. The van der Waals surface area contributed by atoms with Gasteiger partial charge in [-0.15, -0.1) is 0 Å². The molecule has 0 saturated carbocycles. The minimum Gasteiger partial charge on any atom is -0.493 e. The molecule has 6 nitrogen and oxygen atoms in total. The van der Waals surface area contributed by atoms with Crippen LogP contribution in [0.4, 0.5) is 0 Å². The van der Waals surface area contributed by atoms with Crippen molar-refractivity contribution in [2.24, 2.45) is 0 Å². The van der Waals surface area contributed by atoms with Crippen LogP contribution >= 0.6 is 0 Å². The maximum absolute atomic E-state index is 12.5. The number of amides is 2. The number of piperazine rings is 1. The average molecular weight is 396 g/mol. The molecule has 2 aliphatic rings.